The third kappa shape index (κ3) is 3.13. The van der Waals surface area contributed by atoms with Crippen LogP contribution in [0.1, 0.15) is 16.8 Å². The SMILES string of the molecule is O=c1c2c(nc(-c3ccccc3O)n1CCc1ccccc1)CCNC2. The highest BCUT2D eigenvalue weighted by atomic mass is 16.3. The number of phenols is 1. The number of hydrogen-bond donors (Lipinski definition) is 2. The van der Waals surface area contributed by atoms with Gasteiger partial charge in [0, 0.05) is 26.1 Å². The van der Waals surface area contributed by atoms with Crippen LogP contribution >= 0.6 is 0 Å². The monoisotopic (exact) mass is 347 g/mol. The molecule has 1 aromatic heterocycles. The second-order valence-electron chi connectivity index (χ2n) is 6.50. The van der Waals surface area contributed by atoms with Gasteiger partial charge in [-0.3, -0.25) is 9.36 Å². The summed E-state index contributed by atoms with van der Waals surface area (Å²) in [4.78, 5) is 17.9. The zero-order chi connectivity index (χ0) is 17.9. The first-order valence-electron chi connectivity index (χ1n) is 8.89. The molecular formula is C21H21N3O2. The van der Waals surface area contributed by atoms with Gasteiger partial charge in [-0.2, -0.15) is 0 Å². The van der Waals surface area contributed by atoms with Crippen LogP contribution in [0.2, 0.25) is 0 Å². The molecule has 3 aromatic rings. The van der Waals surface area contributed by atoms with Gasteiger partial charge in [0.1, 0.15) is 11.6 Å². The highest BCUT2D eigenvalue weighted by Crippen LogP contribution is 2.27. The van der Waals surface area contributed by atoms with E-state index >= 15 is 0 Å². The molecule has 0 unspecified atom stereocenters. The van der Waals surface area contributed by atoms with Crippen LogP contribution in [-0.2, 0) is 25.9 Å². The first-order valence-corrected chi connectivity index (χ1v) is 8.89. The van der Waals surface area contributed by atoms with E-state index < -0.39 is 0 Å². The minimum Gasteiger partial charge on any atom is -0.507 e. The van der Waals surface area contributed by atoms with Crippen molar-refractivity contribution in [3.8, 4) is 17.1 Å². The van der Waals surface area contributed by atoms with Gasteiger partial charge >= 0.3 is 0 Å². The molecule has 2 N–H and O–H groups in total. The second kappa shape index (κ2) is 7.14. The number of aromatic nitrogens is 2. The number of nitrogens with zero attached hydrogens (tertiary/aromatic N) is 2. The summed E-state index contributed by atoms with van der Waals surface area (Å²) in [5, 5.41) is 13.6. The quantitative estimate of drug-likeness (QED) is 0.761. The number of benzene rings is 2. The summed E-state index contributed by atoms with van der Waals surface area (Å²) >= 11 is 0. The summed E-state index contributed by atoms with van der Waals surface area (Å²) in [6.45, 7) is 1.88. The van der Waals surface area contributed by atoms with Gasteiger partial charge in [-0.25, -0.2) is 4.98 Å². The average molecular weight is 347 g/mol. The molecule has 0 radical (unpaired) electrons. The molecule has 1 aliphatic heterocycles. The largest absolute Gasteiger partial charge is 0.507 e. The van der Waals surface area contributed by atoms with Crippen molar-refractivity contribution in [1.82, 2.24) is 14.9 Å². The van der Waals surface area contributed by atoms with Crippen LogP contribution in [0.4, 0.5) is 0 Å². The van der Waals surface area contributed by atoms with Gasteiger partial charge in [0.05, 0.1) is 16.8 Å². The summed E-state index contributed by atoms with van der Waals surface area (Å²) in [5.41, 5.74) is 3.32. The highest BCUT2D eigenvalue weighted by molar-refractivity contribution is 5.64. The number of hydrogen-bond acceptors (Lipinski definition) is 4. The molecule has 132 valence electrons. The Labute approximate surface area is 152 Å². The van der Waals surface area contributed by atoms with Crippen molar-refractivity contribution in [2.24, 2.45) is 0 Å². The lowest BCUT2D eigenvalue weighted by molar-refractivity contribution is 0.475. The summed E-state index contributed by atoms with van der Waals surface area (Å²) in [6, 6.07) is 17.1. The second-order valence-corrected chi connectivity index (χ2v) is 6.50. The average Bonchev–Trinajstić information content (AvgIpc) is 2.68. The number of fused-ring (bicyclic) bond motifs is 1. The summed E-state index contributed by atoms with van der Waals surface area (Å²) in [6.07, 6.45) is 1.46. The normalized spacial score (nSPS) is 13.4. The predicted molar refractivity (Wildman–Crippen MR) is 101 cm³/mol. The van der Waals surface area contributed by atoms with E-state index in [9.17, 15) is 9.90 Å². The maximum atomic E-state index is 13.1. The van der Waals surface area contributed by atoms with Crippen molar-refractivity contribution in [2.45, 2.75) is 25.9 Å². The number of phenolic OH excluding ortho intramolecular Hbond substituents is 1. The van der Waals surface area contributed by atoms with Gasteiger partial charge in [-0.1, -0.05) is 42.5 Å². The Morgan fingerprint density at radius 2 is 1.85 bits per heavy atom. The van der Waals surface area contributed by atoms with Crippen LogP contribution in [0, 0.1) is 0 Å². The molecular weight excluding hydrogens is 326 g/mol. The van der Waals surface area contributed by atoms with E-state index in [2.05, 4.69) is 17.4 Å². The predicted octanol–water partition coefficient (Wildman–Crippen LogP) is 2.50. The van der Waals surface area contributed by atoms with Crippen molar-refractivity contribution in [3.05, 3.63) is 81.8 Å². The maximum absolute atomic E-state index is 13.1. The van der Waals surface area contributed by atoms with Crippen LogP contribution in [0.25, 0.3) is 11.4 Å². The first-order chi connectivity index (χ1) is 12.7. The lowest BCUT2D eigenvalue weighted by Crippen LogP contribution is -2.36. The van der Waals surface area contributed by atoms with Crippen molar-refractivity contribution < 1.29 is 5.11 Å². The molecule has 0 amide bonds. The van der Waals surface area contributed by atoms with Gasteiger partial charge < -0.3 is 10.4 Å². The van der Waals surface area contributed by atoms with E-state index in [1.807, 2.05) is 30.3 Å². The fourth-order valence-corrected chi connectivity index (χ4v) is 3.40. The highest BCUT2D eigenvalue weighted by Gasteiger charge is 2.21. The molecule has 5 nitrogen and oxygen atoms in total. The zero-order valence-corrected chi connectivity index (χ0v) is 14.5. The number of nitrogens with one attached hydrogen (secondary N) is 1. The van der Waals surface area contributed by atoms with Crippen molar-refractivity contribution in [2.75, 3.05) is 6.54 Å². The summed E-state index contributed by atoms with van der Waals surface area (Å²) in [7, 11) is 0. The molecule has 0 bridgehead atoms. The lowest BCUT2D eigenvalue weighted by atomic mass is 10.1. The van der Waals surface area contributed by atoms with Crippen molar-refractivity contribution in [1.29, 1.82) is 0 Å². The standard InChI is InChI=1S/C21H21N3O2/c25-19-9-5-4-8-16(19)20-23-18-10-12-22-14-17(18)21(26)24(20)13-11-15-6-2-1-3-7-15/h1-9,22,25H,10-14H2. The molecule has 2 aromatic carbocycles. The third-order valence-electron chi connectivity index (χ3n) is 4.80. The molecule has 0 aliphatic carbocycles. The fourth-order valence-electron chi connectivity index (χ4n) is 3.40. The molecule has 0 saturated carbocycles. The molecule has 5 heteroatoms. The van der Waals surface area contributed by atoms with Gasteiger partial charge in [0.15, 0.2) is 0 Å². The molecule has 26 heavy (non-hydrogen) atoms. The first kappa shape index (κ1) is 16.5. The van der Waals surface area contributed by atoms with Gasteiger partial charge in [-0.05, 0) is 24.1 Å². The maximum Gasteiger partial charge on any atom is 0.258 e. The van der Waals surface area contributed by atoms with E-state index in [4.69, 9.17) is 4.98 Å². The van der Waals surface area contributed by atoms with E-state index in [-0.39, 0.29) is 11.3 Å². The van der Waals surface area contributed by atoms with E-state index in [1.54, 1.807) is 16.7 Å². The van der Waals surface area contributed by atoms with Crippen molar-refractivity contribution >= 4 is 0 Å². The van der Waals surface area contributed by atoms with Gasteiger partial charge in [0.2, 0.25) is 0 Å². The molecule has 0 saturated heterocycles. The number of para-hydroxylation sites is 1. The van der Waals surface area contributed by atoms with E-state index in [0.29, 0.717) is 24.5 Å². The number of aryl methyl sites for hydroxylation is 1. The molecule has 0 atom stereocenters. The third-order valence-corrected chi connectivity index (χ3v) is 4.80. The molecule has 2 heterocycles. The molecule has 4 rings (SSSR count). The van der Waals surface area contributed by atoms with Crippen LogP contribution in [-0.4, -0.2) is 21.2 Å². The number of aromatic hydroxyl groups is 1. The van der Waals surface area contributed by atoms with Crippen LogP contribution in [0.5, 0.6) is 5.75 Å². The van der Waals surface area contributed by atoms with Crippen LogP contribution < -0.4 is 10.9 Å². The Bertz CT molecular complexity index is 980. The Morgan fingerprint density at radius 3 is 2.65 bits per heavy atom. The molecule has 0 spiro atoms. The Balaban J connectivity index is 1.82. The Hall–Kier alpha value is -2.92. The van der Waals surface area contributed by atoms with Gasteiger partial charge in [-0.15, -0.1) is 0 Å². The molecule has 0 fully saturated rings. The van der Waals surface area contributed by atoms with Crippen LogP contribution in [0.15, 0.2) is 59.4 Å². The number of rotatable bonds is 4. The smallest absolute Gasteiger partial charge is 0.258 e. The van der Waals surface area contributed by atoms with Crippen LogP contribution in [0.3, 0.4) is 0 Å². The summed E-state index contributed by atoms with van der Waals surface area (Å²) < 4.78 is 1.70. The van der Waals surface area contributed by atoms with E-state index in [1.165, 1.54) is 5.56 Å². The fraction of sp³-hybridized carbons (Fsp3) is 0.238. The minimum atomic E-state index is -0.0172. The lowest BCUT2D eigenvalue weighted by Gasteiger charge is -2.21. The Morgan fingerprint density at radius 1 is 1.08 bits per heavy atom. The van der Waals surface area contributed by atoms with Gasteiger partial charge in [0.25, 0.3) is 5.56 Å². The topological polar surface area (TPSA) is 67.1 Å². The molecule has 1 aliphatic rings. The Kier molecular flexibility index (Phi) is 4.54. The summed E-state index contributed by atoms with van der Waals surface area (Å²) in [5.74, 6) is 0.687. The minimum absolute atomic E-state index is 0.0172. The van der Waals surface area contributed by atoms with Crippen molar-refractivity contribution in [3.63, 3.8) is 0 Å². The zero-order valence-electron chi connectivity index (χ0n) is 14.5. The van der Waals surface area contributed by atoms with E-state index in [0.717, 1.165) is 30.6 Å².